The van der Waals surface area contributed by atoms with Gasteiger partial charge >= 0.3 is 0 Å². The number of hydrogen-bond donors (Lipinski definition) is 0. The highest BCUT2D eigenvalue weighted by molar-refractivity contribution is 5.47. The number of nitrogens with zero attached hydrogens (tertiary/aromatic N) is 2. The third-order valence-corrected chi connectivity index (χ3v) is 7.26. The lowest BCUT2D eigenvalue weighted by atomic mass is 9.77. The summed E-state index contributed by atoms with van der Waals surface area (Å²) >= 11 is 0. The molecule has 0 bridgehead atoms. The van der Waals surface area contributed by atoms with E-state index in [1.54, 1.807) is 6.08 Å². The fourth-order valence-electron chi connectivity index (χ4n) is 5.51. The van der Waals surface area contributed by atoms with Crippen LogP contribution in [0.5, 0.6) is 0 Å². The molecule has 4 heteroatoms. The standard InChI is InChI=1S/C22H37FN2O/c1-17-13-21(23)8-7-19(17)14-18-9-11-25(12-10-18)15-20-5-3-4-6-22(20)24(2)16-26/h7-8,16-22H,3-6,9-15H2,1-2H3. The van der Waals surface area contributed by atoms with Crippen LogP contribution in [0.15, 0.2) is 12.2 Å². The van der Waals surface area contributed by atoms with Crippen LogP contribution in [0.4, 0.5) is 4.39 Å². The molecule has 0 spiro atoms. The molecule has 0 aromatic heterocycles. The smallest absolute Gasteiger partial charge is 0.209 e. The molecule has 0 radical (unpaired) electrons. The number of halogens is 1. The maximum absolute atomic E-state index is 13.5. The van der Waals surface area contributed by atoms with E-state index in [0.717, 1.165) is 25.3 Å². The average Bonchev–Trinajstić information content (AvgIpc) is 2.65. The highest BCUT2D eigenvalue weighted by Gasteiger charge is 2.32. The Morgan fingerprint density at radius 3 is 2.58 bits per heavy atom. The molecular formula is C22H37FN2O. The molecule has 5 atom stereocenters. The molecule has 26 heavy (non-hydrogen) atoms. The minimum Gasteiger partial charge on any atom is -0.345 e. The minimum atomic E-state index is -0.726. The van der Waals surface area contributed by atoms with Crippen LogP contribution in [0, 0.1) is 23.7 Å². The van der Waals surface area contributed by atoms with Crippen LogP contribution in [0.3, 0.4) is 0 Å². The van der Waals surface area contributed by atoms with Crippen molar-refractivity contribution < 1.29 is 9.18 Å². The van der Waals surface area contributed by atoms with Gasteiger partial charge in [0.2, 0.25) is 6.41 Å². The lowest BCUT2D eigenvalue weighted by Crippen LogP contribution is -2.46. The van der Waals surface area contributed by atoms with Crippen molar-refractivity contribution in [1.82, 2.24) is 9.80 Å². The van der Waals surface area contributed by atoms with E-state index in [1.165, 1.54) is 51.6 Å². The predicted molar refractivity (Wildman–Crippen MR) is 105 cm³/mol. The van der Waals surface area contributed by atoms with Gasteiger partial charge in [-0.15, -0.1) is 0 Å². The summed E-state index contributed by atoms with van der Waals surface area (Å²) < 4.78 is 13.5. The second-order valence-electron chi connectivity index (χ2n) is 9.14. The van der Waals surface area contributed by atoms with Crippen LogP contribution in [0.25, 0.3) is 0 Å². The van der Waals surface area contributed by atoms with Crippen molar-refractivity contribution in [3.05, 3.63) is 12.2 Å². The summed E-state index contributed by atoms with van der Waals surface area (Å²) in [5.41, 5.74) is 0. The molecule has 148 valence electrons. The number of carbonyl (C=O) groups excluding carboxylic acids is 1. The third kappa shape index (κ3) is 5.09. The molecule has 0 aromatic carbocycles. The van der Waals surface area contributed by atoms with Gasteiger partial charge in [-0.25, -0.2) is 4.39 Å². The molecule has 3 aliphatic rings. The molecule has 2 fully saturated rings. The van der Waals surface area contributed by atoms with Gasteiger partial charge in [0.05, 0.1) is 0 Å². The molecule has 5 unspecified atom stereocenters. The van der Waals surface area contributed by atoms with Crippen LogP contribution < -0.4 is 0 Å². The summed E-state index contributed by atoms with van der Waals surface area (Å²) in [6.45, 7) is 5.74. The topological polar surface area (TPSA) is 23.6 Å². The summed E-state index contributed by atoms with van der Waals surface area (Å²) in [6.07, 6.45) is 13.7. The van der Waals surface area contributed by atoms with E-state index in [2.05, 4.69) is 17.9 Å². The van der Waals surface area contributed by atoms with Crippen molar-refractivity contribution in [1.29, 1.82) is 0 Å². The van der Waals surface area contributed by atoms with Crippen LogP contribution in [-0.4, -0.2) is 55.1 Å². The summed E-state index contributed by atoms with van der Waals surface area (Å²) in [5, 5.41) is 0. The van der Waals surface area contributed by atoms with Gasteiger partial charge in [-0.1, -0.05) is 31.9 Å². The molecule has 0 aromatic rings. The van der Waals surface area contributed by atoms with Crippen LogP contribution in [0.2, 0.25) is 0 Å². The van der Waals surface area contributed by atoms with Crippen molar-refractivity contribution in [2.45, 2.75) is 70.5 Å². The van der Waals surface area contributed by atoms with Gasteiger partial charge in [0.15, 0.2) is 0 Å². The molecule has 1 aliphatic heterocycles. The zero-order valence-electron chi connectivity index (χ0n) is 16.7. The van der Waals surface area contributed by atoms with E-state index in [0.29, 0.717) is 30.2 Å². The molecule has 3 nitrogen and oxygen atoms in total. The van der Waals surface area contributed by atoms with Gasteiger partial charge in [0.1, 0.15) is 6.17 Å². The number of hydrogen-bond acceptors (Lipinski definition) is 2. The highest BCUT2D eigenvalue weighted by Crippen LogP contribution is 2.35. The Labute approximate surface area is 159 Å². The number of rotatable bonds is 6. The quantitative estimate of drug-likeness (QED) is 0.519. The first-order chi connectivity index (χ1) is 12.6. The van der Waals surface area contributed by atoms with Crippen LogP contribution >= 0.6 is 0 Å². The Balaban J connectivity index is 1.44. The zero-order valence-corrected chi connectivity index (χ0v) is 16.7. The normalized spacial score (nSPS) is 36.8. The average molecular weight is 365 g/mol. The first kappa shape index (κ1) is 19.9. The van der Waals surface area contributed by atoms with Gasteiger partial charge in [0.25, 0.3) is 0 Å². The summed E-state index contributed by atoms with van der Waals surface area (Å²) in [7, 11) is 1.95. The molecule has 1 saturated heterocycles. The number of carbonyl (C=O) groups is 1. The van der Waals surface area contributed by atoms with E-state index in [4.69, 9.17) is 0 Å². The first-order valence-electron chi connectivity index (χ1n) is 10.8. The molecule has 3 rings (SSSR count). The first-order valence-corrected chi connectivity index (χ1v) is 10.8. The monoisotopic (exact) mass is 364 g/mol. The van der Waals surface area contributed by atoms with Gasteiger partial charge in [-0.2, -0.15) is 0 Å². The fraction of sp³-hybridized carbons (Fsp3) is 0.864. The number of allylic oxidation sites excluding steroid dienone is 2. The van der Waals surface area contributed by atoms with Crippen molar-refractivity contribution >= 4 is 6.41 Å². The third-order valence-electron chi connectivity index (χ3n) is 7.26. The largest absolute Gasteiger partial charge is 0.345 e. The van der Waals surface area contributed by atoms with E-state index >= 15 is 0 Å². The van der Waals surface area contributed by atoms with E-state index in [1.807, 2.05) is 11.9 Å². The van der Waals surface area contributed by atoms with Gasteiger partial charge in [-0.05, 0) is 75.3 Å². The Morgan fingerprint density at radius 1 is 1.15 bits per heavy atom. The predicted octanol–water partition coefficient (Wildman–Crippen LogP) is 4.29. The fourth-order valence-corrected chi connectivity index (χ4v) is 5.51. The molecule has 1 saturated carbocycles. The highest BCUT2D eigenvalue weighted by atomic mass is 19.1. The van der Waals surface area contributed by atoms with Gasteiger partial charge < -0.3 is 9.80 Å². The van der Waals surface area contributed by atoms with Crippen molar-refractivity contribution in [2.24, 2.45) is 23.7 Å². The molecular weight excluding hydrogens is 327 g/mol. The van der Waals surface area contributed by atoms with Crippen molar-refractivity contribution in [2.75, 3.05) is 26.7 Å². The van der Waals surface area contributed by atoms with E-state index < -0.39 is 6.17 Å². The Hall–Kier alpha value is -0.900. The lowest BCUT2D eigenvalue weighted by molar-refractivity contribution is -0.120. The SMILES string of the molecule is CC1CC(F)C=CC1CC1CCN(CC2CCCCC2N(C)C=O)CC1. The van der Waals surface area contributed by atoms with Gasteiger partial charge in [-0.3, -0.25) is 4.79 Å². The van der Waals surface area contributed by atoms with E-state index in [-0.39, 0.29) is 0 Å². The van der Waals surface area contributed by atoms with Crippen LogP contribution in [-0.2, 0) is 4.79 Å². The summed E-state index contributed by atoms with van der Waals surface area (Å²) in [4.78, 5) is 15.7. The zero-order chi connectivity index (χ0) is 18.5. The second-order valence-corrected chi connectivity index (χ2v) is 9.14. The second kappa shape index (κ2) is 9.34. The number of likely N-dealkylation sites (tertiary alicyclic amines) is 1. The Morgan fingerprint density at radius 2 is 1.88 bits per heavy atom. The molecule has 2 aliphatic carbocycles. The van der Waals surface area contributed by atoms with Crippen molar-refractivity contribution in [3.8, 4) is 0 Å². The lowest BCUT2D eigenvalue weighted by Gasteiger charge is -2.41. The Bertz CT molecular complexity index is 475. The number of amides is 1. The number of piperidine rings is 1. The van der Waals surface area contributed by atoms with E-state index in [9.17, 15) is 9.18 Å². The molecule has 0 N–H and O–H groups in total. The minimum absolute atomic E-state index is 0.431. The van der Waals surface area contributed by atoms with Crippen molar-refractivity contribution in [3.63, 3.8) is 0 Å². The summed E-state index contributed by atoms with van der Waals surface area (Å²) in [6, 6.07) is 0.431. The Kier molecular flexibility index (Phi) is 7.13. The molecule has 1 amide bonds. The maximum Gasteiger partial charge on any atom is 0.209 e. The number of alkyl halides is 1. The van der Waals surface area contributed by atoms with Crippen LogP contribution in [0.1, 0.15) is 58.3 Å². The maximum atomic E-state index is 13.5. The molecule has 1 heterocycles. The van der Waals surface area contributed by atoms with Gasteiger partial charge in [0, 0.05) is 19.6 Å². The summed E-state index contributed by atoms with van der Waals surface area (Å²) in [5.74, 6) is 2.48.